The number of piperazine rings is 1. The standard InChI is InChI=1S/C20H24N2O.ClH/c1-3-20(23)17-8-6-9-18(15-17)21-11-13-22(14-12-21)19-10-5-4-7-16(19)2;/h4-10,15H,3,11-14H2,1-2H3;1H. The lowest BCUT2D eigenvalue weighted by molar-refractivity contribution is 0.0988. The number of anilines is 2. The summed E-state index contributed by atoms with van der Waals surface area (Å²) in [6, 6.07) is 16.6. The molecular formula is C20H25ClN2O. The molecule has 0 bridgehead atoms. The molecule has 0 unspecified atom stereocenters. The minimum atomic E-state index is 0. The third-order valence-electron chi connectivity index (χ3n) is 4.59. The van der Waals surface area contributed by atoms with E-state index in [2.05, 4.69) is 47.1 Å². The summed E-state index contributed by atoms with van der Waals surface area (Å²) in [5.41, 5.74) is 4.65. The van der Waals surface area contributed by atoms with Gasteiger partial charge in [0.05, 0.1) is 0 Å². The molecular weight excluding hydrogens is 320 g/mol. The maximum atomic E-state index is 11.9. The zero-order valence-electron chi connectivity index (χ0n) is 14.4. The SMILES string of the molecule is CCC(=O)c1cccc(N2CCN(c3ccccc3C)CC2)c1.Cl. The van der Waals surface area contributed by atoms with Crippen LogP contribution in [0.5, 0.6) is 0 Å². The number of rotatable bonds is 4. The Morgan fingerprint density at radius 1 is 0.958 bits per heavy atom. The Bertz CT molecular complexity index is 694. The van der Waals surface area contributed by atoms with E-state index in [9.17, 15) is 4.79 Å². The fourth-order valence-electron chi connectivity index (χ4n) is 3.20. The van der Waals surface area contributed by atoms with Gasteiger partial charge in [0.1, 0.15) is 0 Å². The van der Waals surface area contributed by atoms with Crippen LogP contribution < -0.4 is 9.80 Å². The average Bonchev–Trinajstić information content (AvgIpc) is 2.62. The van der Waals surface area contributed by atoms with Crippen LogP contribution in [0.2, 0.25) is 0 Å². The number of Topliss-reactive ketones (excluding diaryl/α,β-unsaturated/α-hetero) is 1. The summed E-state index contributed by atoms with van der Waals surface area (Å²) < 4.78 is 0. The second-order valence-corrected chi connectivity index (χ2v) is 6.09. The largest absolute Gasteiger partial charge is 0.368 e. The van der Waals surface area contributed by atoms with Crippen LogP contribution in [0.3, 0.4) is 0 Å². The van der Waals surface area contributed by atoms with Gasteiger partial charge in [-0.3, -0.25) is 4.79 Å². The van der Waals surface area contributed by atoms with Gasteiger partial charge in [-0.05, 0) is 30.7 Å². The topological polar surface area (TPSA) is 23.6 Å². The van der Waals surface area contributed by atoms with Crippen molar-refractivity contribution in [3.8, 4) is 0 Å². The van der Waals surface area contributed by atoms with Crippen LogP contribution >= 0.6 is 12.4 Å². The van der Waals surface area contributed by atoms with Gasteiger partial charge in [-0.1, -0.05) is 37.3 Å². The first kappa shape index (κ1) is 18.3. The van der Waals surface area contributed by atoms with Gasteiger partial charge in [0.2, 0.25) is 0 Å². The van der Waals surface area contributed by atoms with E-state index in [1.54, 1.807) is 0 Å². The molecule has 2 aromatic carbocycles. The Kier molecular flexibility index (Phi) is 6.27. The molecule has 1 saturated heterocycles. The van der Waals surface area contributed by atoms with Crippen LogP contribution in [0.4, 0.5) is 11.4 Å². The number of carbonyl (C=O) groups is 1. The Morgan fingerprint density at radius 2 is 1.62 bits per heavy atom. The number of para-hydroxylation sites is 1. The van der Waals surface area contributed by atoms with Gasteiger partial charge in [-0.2, -0.15) is 0 Å². The molecule has 3 rings (SSSR count). The van der Waals surface area contributed by atoms with Crippen molar-refractivity contribution < 1.29 is 4.79 Å². The lowest BCUT2D eigenvalue weighted by Crippen LogP contribution is -2.46. The van der Waals surface area contributed by atoms with Crippen LogP contribution in [0.1, 0.15) is 29.3 Å². The lowest BCUT2D eigenvalue weighted by Gasteiger charge is -2.38. The van der Waals surface area contributed by atoms with E-state index >= 15 is 0 Å². The second-order valence-electron chi connectivity index (χ2n) is 6.09. The molecule has 1 aliphatic heterocycles. The van der Waals surface area contributed by atoms with E-state index < -0.39 is 0 Å². The molecule has 0 N–H and O–H groups in total. The molecule has 3 nitrogen and oxygen atoms in total. The molecule has 0 saturated carbocycles. The van der Waals surface area contributed by atoms with E-state index in [0.717, 1.165) is 37.4 Å². The van der Waals surface area contributed by atoms with E-state index in [1.165, 1.54) is 11.3 Å². The number of carbonyl (C=O) groups excluding carboxylic acids is 1. The number of hydrogen-bond donors (Lipinski definition) is 0. The molecule has 24 heavy (non-hydrogen) atoms. The Labute approximate surface area is 150 Å². The molecule has 0 aromatic heterocycles. The van der Waals surface area contributed by atoms with Gasteiger partial charge in [0.15, 0.2) is 5.78 Å². The van der Waals surface area contributed by atoms with Gasteiger partial charge < -0.3 is 9.80 Å². The second kappa shape index (κ2) is 8.20. The summed E-state index contributed by atoms with van der Waals surface area (Å²) in [5, 5.41) is 0. The van der Waals surface area contributed by atoms with Gasteiger partial charge in [0.25, 0.3) is 0 Å². The van der Waals surface area contributed by atoms with Crippen molar-refractivity contribution in [1.82, 2.24) is 0 Å². The molecule has 0 spiro atoms. The highest BCUT2D eigenvalue weighted by molar-refractivity contribution is 5.96. The number of aryl methyl sites for hydroxylation is 1. The van der Waals surface area contributed by atoms with Crippen molar-refractivity contribution in [2.24, 2.45) is 0 Å². The predicted molar refractivity (Wildman–Crippen MR) is 104 cm³/mol. The predicted octanol–water partition coefficient (Wildman–Crippen LogP) is 4.34. The van der Waals surface area contributed by atoms with Gasteiger partial charge >= 0.3 is 0 Å². The molecule has 0 radical (unpaired) electrons. The molecule has 128 valence electrons. The molecule has 0 aliphatic carbocycles. The number of benzene rings is 2. The quantitative estimate of drug-likeness (QED) is 0.771. The highest BCUT2D eigenvalue weighted by Crippen LogP contribution is 2.24. The molecule has 1 fully saturated rings. The summed E-state index contributed by atoms with van der Waals surface area (Å²) in [5.74, 6) is 0.213. The summed E-state index contributed by atoms with van der Waals surface area (Å²) in [6.07, 6.45) is 0.560. The molecule has 0 amide bonds. The Balaban J connectivity index is 0.00000208. The summed E-state index contributed by atoms with van der Waals surface area (Å²) >= 11 is 0. The maximum Gasteiger partial charge on any atom is 0.162 e. The average molecular weight is 345 g/mol. The number of halogens is 1. The first-order chi connectivity index (χ1) is 11.2. The van der Waals surface area contributed by atoms with Gasteiger partial charge in [-0.15, -0.1) is 12.4 Å². The fraction of sp³-hybridized carbons (Fsp3) is 0.350. The number of hydrogen-bond acceptors (Lipinski definition) is 3. The van der Waals surface area contributed by atoms with Crippen LogP contribution in [0.25, 0.3) is 0 Å². The number of nitrogens with zero attached hydrogens (tertiary/aromatic N) is 2. The third kappa shape index (κ3) is 3.90. The van der Waals surface area contributed by atoms with Crippen LogP contribution in [0.15, 0.2) is 48.5 Å². The van der Waals surface area contributed by atoms with Crippen LogP contribution in [-0.4, -0.2) is 32.0 Å². The molecule has 4 heteroatoms. The fourth-order valence-corrected chi connectivity index (χ4v) is 3.20. The van der Waals surface area contributed by atoms with Crippen LogP contribution in [0, 0.1) is 6.92 Å². The van der Waals surface area contributed by atoms with Crippen molar-refractivity contribution in [2.75, 3.05) is 36.0 Å². The molecule has 0 atom stereocenters. The zero-order chi connectivity index (χ0) is 16.2. The van der Waals surface area contributed by atoms with Crippen molar-refractivity contribution in [3.05, 3.63) is 59.7 Å². The van der Waals surface area contributed by atoms with Crippen LogP contribution in [-0.2, 0) is 0 Å². The normalized spacial score (nSPS) is 14.2. The lowest BCUT2D eigenvalue weighted by atomic mass is 10.1. The minimum absolute atomic E-state index is 0. The zero-order valence-corrected chi connectivity index (χ0v) is 15.2. The molecule has 1 heterocycles. The van der Waals surface area contributed by atoms with E-state index in [4.69, 9.17) is 0 Å². The molecule has 1 aliphatic rings. The van der Waals surface area contributed by atoms with Crippen molar-refractivity contribution in [1.29, 1.82) is 0 Å². The summed E-state index contributed by atoms with van der Waals surface area (Å²) in [7, 11) is 0. The Morgan fingerprint density at radius 3 is 2.29 bits per heavy atom. The first-order valence-electron chi connectivity index (χ1n) is 8.38. The number of ketones is 1. The summed E-state index contributed by atoms with van der Waals surface area (Å²) in [4.78, 5) is 16.7. The van der Waals surface area contributed by atoms with E-state index in [0.29, 0.717) is 6.42 Å². The van der Waals surface area contributed by atoms with Crippen molar-refractivity contribution in [2.45, 2.75) is 20.3 Å². The van der Waals surface area contributed by atoms with Gasteiger partial charge in [0, 0.05) is 49.5 Å². The van der Waals surface area contributed by atoms with Crippen molar-refractivity contribution in [3.63, 3.8) is 0 Å². The first-order valence-corrected chi connectivity index (χ1v) is 8.38. The Hall–Kier alpha value is -2.00. The highest BCUT2D eigenvalue weighted by atomic mass is 35.5. The maximum absolute atomic E-state index is 11.9. The van der Waals surface area contributed by atoms with E-state index in [1.807, 2.05) is 25.1 Å². The highest BCUT2D eigenvalue weighted by Gasteiger charge is 2.19. The third-order valence-corrected chi connectivity index (χ3v) is 4.59. The summed E-state index contributed by atoms with van der Waals surface area (Å²) in [6.45, 7) is 8.07. The van der Waals surface area contributed by atoms with Crippen molar-refractivity contribution >= 4 is 29.6 Å². The molecule has 2 aromatic rings. The van der Waals surface area contributed by atoms with Gasteiger partial charge in [-0.25, -0.2) is 0 Å². The smallest absolute Gasteiger partial charge is 0.162 e. The van der Waals surface area contributed by atoms with E-state index in [-0.39, 0.29) is 18.2 Å². The monoisotopic (exact) mass is 344 g/mol. The minimum Gasteiger partial charge on any atom is -0.368 e.